The second-order valence-electron chi connectivity index (χ2n) is 10.9. The van der Waals surface area contributed by atoms with E-state index in [9.17, 15) is 5.11 Å². The standard InChI is InChI=1S/C24H44O2S2Si/c1-17(2)15-24(25)20(19(4)16-26-29(8,9)23(5,6)7)12-11-18(3)21(24)22-27-13-10-14-28-22/h18-20,25H,1,10-16H2,2-9H3/t18-,19-,20+,24?/m1/s1. The van der Waals surface area contributed by atoms with Crippen LogP contribution in [0.5, 0.6) is 0 Å². The van der Waals surface area contributed by atoms with Gasteiger partial charge in [0.05, 0.1) is 5.60 Å². The van der Waals surface area contributed by atoms with Gasteiger partial charge < -0.3 is 9.53 Å². The lowest BCUT2D eigenvalue weighted by Crippen LogP contribution is -2.50. The summed E-state index contributed by atoms with van der Waals surface area (Å²) in [7, 11) is -1.79. The van der Waals surface area contributed by atoms with Crippen LogP contribution in [0.15, 0.2) is 22.0 Å². The molecule has 2 fully saturated rings. The lowest BCUT2D eigenvalue weighted by molar-refractivity contribution is -0.0447. The fraction of sp³-hybridized carbons (Fsp3) is 0.833. The summed E-state index contributed by atoms with van der Waals surface area (Å²) in [5, 5.41) is 12.5. The van der Waals surface area contributed by atoms with Gasteiger partial charge in [0.1, 0.15) is 0 Å². The van der Waals surface area contributed by atoms with Gasteiger partial charge in [0, 0.05) is 17.3 Å². The molecule has 0 aromatic rings. The Hall–Kier alpha value is 0.317. The smallest absolute Gasteiger partial charge is 0.191 e. The monoisotopic (exact) mass is 456 g/mol. The molecule has 4 atom stereocenters. The summed E-state index contributed by atoms with van der Waals surface area (Å²) in [4.78, 5) is 0. The molecule has 2 aliphatic rings. The Labute approximate surface area is 189 Å². The summed E-state index contributed by atoms with van der Waals surface area (Å²) >= 11 is 3.93. The van der Waals surface area contributed by atoms with Gasteiger partial charge in [-0.1, -0.05) is 40.2 Å². The van der Waals surface area contributed by atoms with Crippen LogP contribution in [0.2, 0.25) is 18.1 Å². The predicted octanol–water partition coefficient (Wildman–Crippen LogP) is 7.47. The van der Waals surface area contributed by atoms with Crippen molar-refractivity contribution in [2.45, 2.75) is 91.0 Å². The molecule has 5 heteroatoms. The molecular weight excluding hydrogens is 412 g/mol. The Morgan fingerprint density at radius 3 is 2.38 bits per heavy atom. The molecule has 168 valence electrons. The van der Waals surface area contributed by atoms with Gasteiger partial charge in [0.15, 0.2) is 8.32 Å². The molecule has 0 aromatic carbocycles. The third kappa shape index (κ3) is 5.97. The van der Waals surface area contributed by atoms with E-state index in [1.807, 2.05) is 23.5 Å². The van der Waals surface area contributed by atoms with E-state index in [0.717, 1.165) is 25.0 Å². The van der Waals surface area contributed by atoms with Gasteiger partial charge in [0.2, 0.25) is 0 Å². The summed E-state index contributed by atoms with van der Waals surface area (Å²) in [6, 6.07) is 0. The van der Waals surface area contributed by atoms with Crippen molar-refractivity contribution in [3.8, 4) is 0 Å². The molecule has 1 saturated heterocycles. The summed E-state index contributed by atoms with van der Waals surface area (Å²) < 4.78 is 7.99. The van der Waals surface area contributed by atoms with Gasteiger partial charge in [-0.25, -0.2) is 0 Å². The number of rotatable bonds is 6. The summed E-state index contributed by atoms with van der Waals surface area (Å²) in [6.07, 6.45) is 4.17. The molecular formula is C24H44O2S2Si. The maximum atomic E-state index is 12.3. The second kappa shape index (κ2) is 9.85. The molecule has 2 nitrogen and oxygen atoms in total. The van der Waals surface area contributed by atoms with E-state index in [4.69, 9.17) is 4.43 Å². The van der Waals surface area contributed by atoms with Gasteiger partial charge >= 0.3 is 0 Å². The topological polar surface area (TPSA) is 29.5 Å². The molecule has 1 heterocycles. The van der Waals surface area contributed by atoms with Crippen LogP contribution in [0.4, 0.5) is 0 Å². The maximum Gasteiger partial charge on any atom is 0.191 e. The molecule has 1 saturated carbocycles. The molecule has 1 aliphatic heterocycles. The third-order valence-corrected chi connectivity index (χ3v) is 14.4. The van der Waals surface area contributed by atoms with Crippen molar-refractivity contribution < 1.29 is 9.53 Å². The van der Waals surface area contributed by atoms with Crippen molar-refractivity contribution in [2.75, 3.05) is 18.1 Å². The van der Waals surface area contributed by atoms with E-state index in [2.05, 4.69) is 61.2 Å². The lowest BCUT2D eigenvalue weighted by Gasteiger charge is -2.49. The Bertz CT molecular complexity index is 615. The van der Waals surface area contributed by atoms with Crippen LogP contribution in [0, 0.1) is 17.8 Å². The fourth-order valence-corrected chi connectivity index (χ4v) is 8.66. The Kier molecular flexibility index (Phi) is 8.69. The highest BCUT2D eigenvalue weighted by Gasteiger charge is 2.49. The highest BCUT2D eigenvalue weighted by atomic mass is 32.2. The first-order chi connectivity index (χ1) is 13.3. The van der Waals surface area contributed by atoms with Crippen molar-refractivity contribution >= 4 is 31.8 Å². The minimum absolute atomic E-state index is 0.213. The molecule has 1 unspecified atom stereocenters. The molecule has 0 amide bonds. The minimum atomic E-state index is -1.79. The molecule has 1 N–H and O–H groups in total. The van der Waals surface area contributed by atoms with Gasteiger partial charge in [-0.2, -0.15) is 0 Å². The van der Waals surface area contributed by atoms with E-state index < -0.39 is 13.9 Å². The van der Waals surface area contributed by atoms with Crippen LogP contribution >= 0.6 is 23.5 Å². The second-order valence-corrected chi connectivity index (χ2v) is 18.2. The van der Waals surface area contributed by atoms with Crippen LogP contribution in [0.3, 0.4) is 0 Å². The van der Waals surface area contributed by atoms with Crippen molar-refractivity contribution in [1.82, 2.24) is 0 Å². The van der Waals surface area contributed by atoms with Gasteiger partial charge in [-0.15, -0.1) is 30.1 Å². The fourth-order valence-electron chi connectivity index (χ4n) is 4.52. The molecule has 0 aromatic heterocycles. The molecule has 0 bridgehead atoms. The average Bonchev–Trinajstić information content (AvgIpc) is 2.59. The number of thioether (sulfide) groups is 2. The van der Waals surface area contributed by atoms with Crippen molar-refractivity contribution in [3.05, 3.63) is 22.0 Å². The zero-order chi connectivity index (χ0) is 22.0. The minimum Gasteiger partial charge on any atom is -0.417 e. The largest absolute Gasteiger partial charge is 0.417 e. The lowest BCUT2D eigenvalue weighted by atomic mass is 9.62. The van der Waals surface area contributed by atoms with Crippen LogP contribution < -0.4 is 0 Å². The van der Waals surface area contributed by atoms with Crippen molar-refractivity contribution in [3.63, 3.8) is 0 Å². The predicted molar refractivity (Wildman–Crippen MR) is 135 cm³/mol. The summed E-state index contributed by atoms with van der Waals surface area (Å²) in [5.74, 6) is 3.35. The van der Waals surface area contributed by atoms with Gasteiger partial charge in [-0.05, 0) is 79.2 Å². The Morgan fingerprint density at radius 2 is 1.86 bits per heavy atom. The normalized spacial score (nSPS) is 30.4. The quantitative estimate of drug-likeness (QED) is 0.331. The number of hydrogen-bond donors (Lipinski definition) is 1. The first-order valence-corrected chi connectivity index (χ1v) is 16.2. The van der Waals surface area contributed by atoms with E-state index >= 15 is 0 Å². The van der Waals surface area contributed by atoms with E-state index in [0.29, 0.717) is 18.3 Å². The zero-order valence-corrected chi connectivity index (χ0v) is 22.7. The van der Waals surface area contributed by atoms with E-state index in [1.165, 1.54) is 27.7 Å². The van der Waals surface area contributed by atoms with Crippen molar-refractivity contribution in [1.29, 1.82) is 0 Å². The van der Waals surface area contributed by atoms with Gasteiger partial charge in [-0.3, -0.25) is 0 Å². The van der Waals surface area contributed by atoms with Crippen LogP contribution in [-0.2, 0) is 4.43 Å². The van der Waals surface area contributed by atoms with Crippen LogP contribution in [0.1, 0.15) is 67.2 Å². The first-order valence-electron chi connectivity index (χ1n) is 11.3. The van der Waals surface area contributed by atoms with Gasteiger partial charge in [0.25, 0.3) is 0 Å². The molecule has 1 aliphatic carbocycles. The summed E-state index contributed by atoms with van der Waals surface area (Å²) in [6.45, 7) is 23.1. The highest BCUT2D eigenvalue weighted by molar-refractivity contribution is 8.22. The number of aliphatic hydroxyl groups is 1. The summed E-state index contributed by atoms with van der Waals surface area (Å²) in [5.41, 5.74) is 1.60. The molecule has 0 spiro atoms. The maximum absolute atomic E-state index is 12.3. The average molecular weight is 457 g/mol. The molecule has 29 heavy (non-hydrogen) atoms. The zero-order valence-electron chi connectivity index (χ0n) is 20.1. The Balaban J connectivity index is 2.32. The molecule has 2 rings (SSSR count). The molecule has 0 radical (unpaired) electrons. The number of hydrogen-bond acceptors (Lipinski definition) is 4. The van der Waals surface area contributed by atoms with E-state index in [-0.39, 0.29) is 11.0 Å². The van der Waals surface area contributed by atoms with Crippen LogP contribution in [0.25, 0.3) is 0 Å². The van der Waals surface area contributed by atoms with Crippen molar-refractivity contribution in [2.24, 2.45) is 17.8 Å². The van der Waals surface area contributed by atoms with E-state index in [1.54, 1.807) is 0 Å². The highest BCUT2D eigenvalue weighted by Crippen LogP contribution is 2.53. The Morgan fingerprint density at radius 1 is 1.28 bits per heavy atom. The SMILES string of the molecule is C=C(C)CC1(O)C(=C2SCCCS2)[C@H](C)CC[C@H]1[C@H](C)CO[Si](C)(C)C(C)(C)C. The first kappa shape index (κ1) is 25.6. The van der Waals surface area contributed by atoms with Crippen LogP contribution in [-0.4, -0.2) is 37.1 Å². The third-order valence-electron chi connectivity index (χ3n) is 7.23.